The number of carbonyl (C=O) groups excluding carboxylic acids is 1. The van der Waals surface area contributed by atoms with Gasteiger partial charge in [0.1, 0.15) is 0 Å². The van der Waals surface area contributed by atoms with Crippen LogP contribution in [-0.2, 0) is 27.4 Å². The Morgan fingerprint density at radius 3 is 2.50 bits per heavy atom. The monoisotopic (exact) mass is 218 g/mol. The molecule has 10 heteroatoms. The standard InChI is InChI=1S/C2H5NO7P2/c1-2(4)8-11(5)10-12(6,7)9-3/h3H2,1H3/p+1. The Hall–Kier alpha value is -0.360. The summed E-state index contributed by atoms with van der Waals surface area (Å²) in [7, 11) is -7.60. The summed E-state index contributed by atoms with van der Waals surface area (Å²) in [6, 6.07) is 0. The van der Waals surface area contributed by atoms with Gasteiger partial charge in [0.05, 0.1) is 0 Å². The summed E-state index contributed by atoms with van der Waals surface area (Å²) in [5.41, 5.74) is 0. The average Bonchev–Trinajstić information content (AvgIpc) is 1.84. The van der Waals surface area contributed by atoms with Gasteiger partial charge in [-0.15, -0.1) is 0 Å². The molecule has 0 radical (unpaired) electrons. The van der Waals surface area contributed by atoms with E-state index in [0.717, 1.165) is 6.92 Å². The van der Waals surface area contributed by atoms with Crippen LogP contribution in [0, 0.1) is 0 Å². The van der Waals surface area contributed by atoms with Gasteiger partial charge in [0, 0.05) is 15.8 Å². The number of hydrogen-bond acceptors (Lipinski definition) is 7. The molecule has 0 bridgehead atoms. The Bertz CT molecular complexity index is 238. The van der Waals surface area contributed by atoms with Gasteiger partial charge in [-0.1, -0.05) is 0 Å². The summed E-state index contributed by atoms with van der Waals surface area (Å²) in [6.45, 7) is 0.947. The van der Waals surface area contributed by atoms with Crippen molar-refractivity contribution < 1.29 is 32.3 Å². The topological polar surface area (TPSA) is 125 Å². The van der Waals surface area contributed by atoms with E-state index in [1.807, 2.05) is 0 Å². The smallest absolute Gasteiger partial charge is 0.299 e. The molecule has 2 unspecified atom stereocenters. The molecule has 0 fully saturated rings. The second-order valence-electron chi connectivity index (χ2n) is 1.46. The molecule has 0 rings (SSSR count). The van der Waals surface area contributed by atoms with Crippen molar-refractivity contribution >= 4 is 22.0 Å². The van der Waals surface area contributed by atoms with Gasteiger partial charge in [-0.3, -0.25) is 4.89 Å². The molecule has 0 spiro atoms. The van der Waals surface area contributed by atoms with Crippen LogP contribution >= 0.6 is 16.1 Å². The van der Waals surface area contributed by atoms with Crippen LogP contribution in [0.25, 0.3) is 0 Å². The zero-order chi connectivity index (χ0) is 9.78. The molecule has 0 saturated carbocycles. The highest BCUT2D eigenvalue weighted by Gasteiger charge is 2.38. The van der Waals surface area contributed by atoms with E-state index in [9.17, 15) is 13.9 Å². The van der Waals surface area contributed by atoms with Gasteiger partial charge in [-0.05, 0) is 0 Å². The molecular weight excluding hydrogens is 212 g/mol. The van der Waals surface area contributed by atoms with E-state index < -0.39 is 22.0 Å². The Morgan fingerprint density at radius 2 is 2.17 bits per heavy atom. The van der Waals surface area contributed by atoms with Gasteiger partial charge in [0.15, 0.2) is 0 Å². The molecule has 0 heterocycles. The molecule has 0 aliphatic heterocycles. The lowest BCUT2D eigenvalue weighted by Crippen LogP contribution is -1.98. The van der Waals surface area contributed by atoms with Gasteiger partial charge < -0.3 is 0 Å². The molecule has 70 valence electrons. The highest BCUT2D eigenvalue weighted by atomic mass is 31.2. The summed E-state index contributed by atoms with van der Waals surface area (Å²) in [6.07, 6.45) is 0. The molecule has 0 aliphatic rings. The molecular formula is C2H6NO7P2+. The summed E-state index contributed by atoms with van der Waals surface area (Å²) >= 11 is 0. The van der Waals surface area contributed by atoms with Crippen molar-refractivity contribution in [2.45, 2.75) is 6.92 Å². The average molecular weight is 218 g/mol. The minimum atomic E-state index is -4.57. The maximum Gasteiger partial charge on any atom is 0.764 e. The van der Waals surface area contributed by atoms with Crippen molar-refractivity contribution in [3.8, 4) is 0 Å². The van der Waals surface area contributed by atoms with Crippen molar-refractivity contribution in [2.75, 3.05) is 0 Å². The van der Waals surface area contributed by atoms with E-state index in [1.165, 1.54) is 0 Å². The Labute approximate surface area is 68.1 Å². The first kappa shape index (κ1) is 11.6. The molecule has 0 amide bonds. The van der Waals surface area contributed by atoms with Crippen LogP contribution in [0.5, 0.6) is 0 Å². The van der Waals surface area contributed by atoms with Gasteiger partial charge in [-0.25, -0.2) is 15.3 Å². The number of phosphoric acid groups is 1. The minimum Gasteiger partial charge on any atom is -0.299 e. The summed E-state index contributed by atoms with van der Waals surface area (Å²) in [5.74, 6) is 3.36. The maximum absolute atomic E-state index is 10.4. The van der Waals surface area contributed by atoms with E-state index in [2.05, 4.69) is 19.4 Å². The molecule has 8 nitrogen and oxygen atoms in total. The quantitative estimate of drug-likeness (QED) is 0.506. The van der Waals surface area contributed by atoms with Crippen LogP contribution in [0.15, 0.2) is 0 Å². The number of rotatable bonds is 4. The van der Waals surface area contributed by atoms with Crippen LogP contribution in [0.2, 0.25) is 0 Å². The van der Waals surface area contributed by atoms with Crippen LogP contribution < -0.4 is 5.90 Å². The van der Waals surface area contributed by atoms with E-state index in [-0.39, 0.29) is 0 Å². The SMILES string of the molecule is CC(=O)O[P+](=O)OP(=O)(O)ON. The number of carbonyl (C=O) groups is 1. The fraction of sp³-hybridized carbons (Fsp3) is 0.500. The third-order valence-corrected chi connectivity index (χ3v) is 2.54. The van der Waals surface area contributed by atoms with Crippen molar-refractivity contribution in [1.29, 1.82) is 0 Å². The highest BCUT2D eigenvalue weighted by molar-refractivity contribution is 7.56. The zero-order valence-corrected chi connectivity index (χ0v) is 7.66. The fourth-order valence-electron chi connectivity index (χ4n) is 0.225. The highest BCUT2D eigenvalue weighted by Crippen LogP contribution is 2.50. The first-order chi connectivity index (χ1) is 5.37. The molecule has 0 aromatic rings. The largest absolute Gasteiger partial charge is 0.764 e. The third-order valence-electron chi connectivity index (χ3n) is 0.506. The molecule has 0 saturated heterocycles. The maximum atomic E-state index is 10.4. The number of nitrogens with two attached hydrogens (primary N) is 1. The lowest BCUT2D eigenvalue weighted by Gasteiger charge is -1.95. The first-order valence-electron chi connectivity index (χ1n) is 2.44. The Kier molecular flexibility index (Phi) is 4.47. The van der Waals surface area contributed by atoms with E-state index in [1.54, 1.807) is 0 Å². The second-order valence-corrected chi connectivity index (χ2v) is 3.89. The van der Waals surface area contributed by atoms with Crippen molar-refractivity contribution in [1.82, 2.24) is 0 Å². The summed E-state index contributed by atoms with van der Waals surface area (Å²) in [5, 5.41) is 0. The zero-order valence-electron chi connectivity index (χ0n) is 5.87. The van der Waals surface area contributed by atoms with Crippen LogP contribution in [-0.4, -0.2) is 10.9 Å². The molecule has 3 N–H and O–H groups in total. The normalized spacial score (nSPS) is 16.4. The molecule has 0 aromatic heterocycles. The van der Waals surface area contributed by atoms with Gasteiger partial charge >= 0.3 is 22.0 Å². The second kappa shape index (κ2) is 4.61. The van der Waals surface area contributed by atoms with E-state index >= 15 is 0 Å². The first-order valence-corrected chi connectivity index (χ1v) is 5.03. The van der Waals surface area contributed by atoms with Gasteiger partial charge in [-0.2, -0.15) is 9.15 Å². The van der Waals surface area contributed by atoms with Gasteiger partial charge in [0.2, 0.25) is 0 Å². The molecule has 0 aromatic carbocycles. The summed E-state index contributed by atoms with van der Waals surface area (Å²) < 4.78 is 31.8. The fourth-order valence-corrected chi connectivity index (χ4v) is 1.40. The third kappa shape index (κ3) is 5.31. The van der Waals surface area contributed by atoms with Crippen LogP contribution in [0.3, 0.4) is 0 Å². The predicted octanol–water partition coefficient (Wildman–Crippen LogP) is 0.214. The molecule has 2 atom stereocenters. The summed E-state index contributed by atoms with van der Waals surface area (Å²) in [4.78, 5) is 18.5. The predicted molar refractivity (Wildman–Crippen MR) is 35.6 cm³/mol. The van der Waals surface area contributed by atoms with Crippen LogP contribution in [0.4, 0.5) is 0 Å². The van der Waals surface area contributed by atoms with E-state index in [0.29, 0.717) is 0 Å². The van der Waals surface area contributed by atoms with Crippen molar-refractivity contribution in [2.24, 2.45) is 5.90 Å². The van der Waals surface area contributed by atoms with Gasteiger partial charge in [0.25, 0.3) is 0 Å². The number of hydrogen-bond donors (Lipinski definition) is 2. The van der Waals surface area contributed by atoms with E-state index in [4.69, 9.17) is 4.89 Å². The van der Waals surface area contributed by atoms with Crippen LogP contribution in [0.1, 0.15) is 6.92 Å². The van der Waals surface area contributed by atoms with Crippen molar-refractivity contribution in [3.63, 3.8) is 0 Å². The van der Waals surface area contributed by atoms with Crippen molar-refractivity contribution in [3.05, 3.63) is 0 Å². The molecule has 12 heavy (non-hydrogen) atoms. The lowest BCUT2D eigenvalue weighted by molar-refractivity contribution is -0.131. The Balaban J connectivity index is 4.01. The Morgan fingerprint density at radius 1 is 1.67 bits per heavy atom. The minimum absolute atomic E-state index is 0.923. The molecule has 0 aliphatic carbocycles. The lowest BCUT2D eigenvalue weighted by atomic mass is 10.9.